The molecule has 0 aromatic heterocycles. The number of hydrogen-bond acceptors (Lipinski definition) is 16. The third-order valence-electron chi connectivity index (χ3n) is 15.0. The zero-order valence-corrected chi connectivity index (χ0v) is 44.0. The first-order chi connectivity index (χ1) is 34.0. The van der Waals surface area contributed by atoms with Crippen LogP contribution in [0.15, 0.2) is 53.6 Å². The third kappa shape index (κ3) is 12.8. The van der Waals surface area contributed by atoms with Gasteiger partial charge < -0.3 is 33.3 Å². The van der Waals surface area contributed by atoms with Crippen LogP contribution >= 0.6 is 0 Å². The first kappa shape index (κ1) is 55.7. The molecule has 10 unspecified atom stereocenters. The van der Waals surface area contributed by atoms with E-state index in [-0.39, 0.29) is 72.2 Å². The van der Waals surface area contributed by atoms with Crippen molar-refractivity contribution in [3.63, 3.8) is 0 Å². The predicted molar refractivity (Wildman–Crippen MR) is 263 cm³/mol. The molecule has 8 heterocycles. The van der Waals surface area contributed by atoms with Crippen LogP contribution < -0.4 is 0 Å². The van der Waals surface area contributed by atoms with Crippen LogP contribution in [0.25, 0.3) is 0 Å². The number of carbonyl (C=O) groups excluding carboxylic acids is 8. The standard InChI is InChI=1S/C16H19NO3.C14H21NO5.C14H21NO4.C10H15NO2/c1-20-16(19)15-13-8-7-12(9-14(15)18)17(13)10-11-5-3-2-4-6-11;1-14(2,3)20-13(18)15-8-5-6-9(15)11(10(16)7-8)12(17)19-4;1-14(2,3)19-13(17)15-9-5-7-10(12(16)18-4)11(15)8-6-9;1-11-7-3-5-8(10(12)13-2)9(11)6-4-7/h2-6,12-13,15H,7-10H2,1H3;8-9,11H,5-7H2,1-4H3;7,9,11H,5-6,8H2,1-4H3;5,7,9H,3-4,6H2,1-2H3. The fourth-order valence-corrected chi connectivity index (χ4v) is 11.8. The Morgan fingerprint density at radius 2 is 1.00 bits per heavy atom. The minimum absolute atomic E-state index is 0.00825. The van der Waals surface area contributed by atoms with Gasteiger partial charge in [0, 0.05) is 55.6 Å². The molecule has 0 radical (unpaired) electrons. The average Bonchev–Trinajstić information content (AvgIpc) is 3.98. The van der Waals surface area contributed by atoms with Crippen molar-refractivity contribution in [2.75, 3.05) is 35.5 Å². The zero-order valence-electron chi connectivity index (χ0n) is 44.0. The smallest absolute Gasteiger partial charge is 0.411 e. The van der Waals surface area contributed by atoms with Crippen LogP contribution in [0.4, 0.5) is 9.59 Å². The van der Waals surface area contributed by atoms with E-state index >= 15 is 0 Å². The number of piperidine rings is 2. The lowest BCUT2D eigenvalue weighted by atomic mass is 9.88. The van der Waals surface area contributed by atoms with Gasteiger partial charge in [-0.15, -0.1) is 0 Å². The van der Waals surface area contributed by atoms with Crippen LogP contribution in [-0.2, 0) is 63.7 Å². The minimum Gasteiger partial charge on any atom is -0.468 e. The lowest BCUT2D eigenvalue weighted by molar-refractivity contribution is -0.156. The maximum Gasteiger partial charge on any atom is 0.411 e. The molecule has 6 fully saturated rings. The molecule has 9 rings (SSSR count). The molecule has 72 heavy (non-hydrogen) atoms. The summed E-state index contributed by atoms with van der Waals surface area (Å²) in [5.74, 6) is -2.99. The summed E-state index contributed by atoms with van der Waals surface area (Å²) in [5.41, 5.74) is 1.55. The molecular weight excluding hydrogens is 929 g/mol. The van der Waals surface area contributed by atoms with Crippen LogP contribution in [0.2, 0.25) is 0 Å². The Kier molecular flexibility index (Phi) is 18.2. The Balaban J connectivity index is 0.000000159. The summed E-state index contributed by atoms with van der Waals surface area (Å²) >= 11 is 0. The van der Waals surface area contributed by atoms with Gasteiger partial charge in [-0.05, 0) is 118 Å². The summed E-state index contributed by atoms with van der Waals surface area (Å²) in [5, 5.41) is 0. The van der Waals surface area contributed by atoms with Gasteiger partial charge in [-0.25, -0.2) is 19.2 Å². The Morgan fingerprint density at radius 1 is 0.542 bits per heavy atom. The molecule has 18 nitrogen and oxygen atoms in total. The van der Waals surface area contributed by atoms with E-state index in [0.29, 0.717) is 36.9 Å². The molecule has 18 heteroatoms. The Labute approximate surface area is 424 Å². The van der Waals surface area contributed by atoms with E-state index < -0.39 is 41.1 Å². The molecule has 8 aliphatic heterocycles. The molecule has 8 bridgehead atoms. The molecule has 0 spiro atoms. The highest BCUT2D eigenvalue weighted by Crippen LogP contribution is 2.41. The first-order valence-corrected chi connectivity index (χ1v) is 25.3. The minimum atomic E-state index is -0.869. The number of amides is 2. The van der Waals surface area contributed by atoms with Crippen molar-refractivity contribution >= 4 is 47.6 Å². The topological polar surface area (TPSA) is 205 Å². The molecule has 396 valence electrons. The number of nitrogens with zero attached hydrogens (tertiary/aromatic N) is 4. The summed E-state index contributed by atoms with van der Waals surface area (Å²) < 4.78 is 29.9. The largest absolute Gasteiger partial charge is 0.468 e. The lowest BCUT2D eigenvalue weighted by Crippen LogP contribution is -2.55. The second-order valence-electron chi connectivity index (χ2n) is 21.8. The van der Waals surface area contributed by atoms with Gasteiger partial charge in [-0.1, -0.05) is 42.5 Å². The number of ether oxygens (including phenoxy) is 6. The van der Waals surface area contributed by atoms with Crippen LogP contribution in [0, 0.1) is 11.8 Å². The zero-order chi connectivity index (χ0) is 52.8. The third-order valence-corrected chi connectivity index (χ3v) is 15.0. The van der Waals surface area contributed by atoms with Gasteiger partial charge in [0.15, 0.2) is 5.78 Å². The van der Waals surface area contributed by atoms with Gasteiger partial charge in [0.1, 0.15) is 28.8 Å². The summed E-state index contributed by atoms with van der Waals surface area (Å²) in [6.07, 6.45) is 12.8. The second-order valence-corrected chi connectivity index (χ2v) is 21.8. The van der Waals surface area contributed by atoms with Crippen molar-refractivity contribution < 1.29 is 66.8 Å². The number of fused-ring (bicyclic) bond motifs is 8. The fourth-order valence-electron chi connectivity index (χ4n) is 11.8. The molecule has 1 aromatic carbocycles. The Morgan fingerprint density at radius 3 is 1.56 bits per heavy atom. The van der Waals surface area contributed by atoms with Gasteiger partial charge in [0.05, 0.1) is 51.7 Å². The van der Waals surface area contributed by atoms with Gasteiger partial charge in [0.25, 0.3) is 0 Å². The molecule has 8 aliphatic rings. The van der Waals surface area contributed by atoms with Crippen molar-refractivity contribution in [1.29, 1.82) is 0 Å². The number of esters is 4. The van der Waals surface area contributed by atoms with Crippen molar-refractivity contribution in [2.24, 2.45) is 11.8 Å². The van der Waals surface area contributed by atoms with E-state index in [1.807, 2.05) is 51.1 Å². The van der Waals surface area contributed by atoms with Gasteiger partial charge in [-0.2, -0.15) is 0 Å². The normalized spacial score (nSPS) is 29.1. The number of likely N-dealkylation sites (N-methyl/N-ethyl adjacent to an activating group) is 1. The molecule has 10 atom stereocenters. The molecule has 2 amide bonds. The predicted octanol–water partition coefficient (Wildman–Crippen LogP) is 6.51. The van der Waals surface area contributed by atoms with Crippen LogP contribution in [-0.4, -0.2) is 162 Å². The van der Waals surface area contributed by atoms with E-state index in [0.717, 1.165) is 57.1 Å². The van der Waals surface area contributed by atoms with Crippen molar-refractivity contribution in [3.8, 4) is 0 Å². The van der Waals surface area contributed by atoms with Gasteiger partial charge in [0.2, 0.25) is 0 Å². The highest BCUT2D eigenvalue weighted by Gasteiger charge is 2.54. The van der Waals surface area contributed by atoms with Crippen molar-refractivity contribution in [1.82, 2.24) is 19.6 Å². The lowest BCUT2D eigenvalue weighted by Gasteiger charge is -2.38. The highest BCUT2D eigenvalue weighted by atomic mass is 16.6. The van der Waals surface area contributed by atoms with E-state index in [2.05, 4.69) is 29.0 Å². The highest BCUT2D eigenvalue weighted by molar-refractivity contribution is 6.02. The number of hydrogen-bond donors (Lipinski definition) is 0. The number of benzene rings is 1. The molecule has 1 aromatic rings. The maximum atomic E-state index is 12.3. The fraction of sp³-hybridized carbons (Fsp3) is 0.667. The van der Waals surface area contributed by atoms with E-state index in [9.17, 15) is 38.4 Å². The average molecular weight is 1010 g/mol. The van der Waals surface area contributed by atoms with E-state index in [1.165, 1.54) is 40.4 Å². The molecule has 0 saturated carbocycles. The second kappa shape index (κ2) is 23.5. The summed E-state index contributed by atoms with van der Waals surface area (Å²) in [4.78, 5) is 103. The van der Waals surface area contributed by atoms with E-state index in [4.69, 9.17) is 28.4 Å². The van der Waals surface area contributed by atoms with Crippen molar-refractivity contribution in [2.45, 2.75) is 185 Å². The quantitative estimate of drug-likeness (QED) is 0.169. The number of ketones is 2. The Hall–Kier alpha value is -5.62. The monoisotopic (exact) mass is 1000 g/mol. The maximum absolute atomic E-state index is 12.3. The first-order valence-electron chi connectivity index (χ1n) is 25.3. The van der Waals surface area contributed by atoms with Gasteiger partial charge >= 0.3 is 36.1 Å². The summed E-state index contributed by atoms with van der Waals surface area (Å²) in [6.45, 7) is 11.7. The number of methoxy groups -OCH3 is 4. The summed E-state index contributed by atoms with van der Waals surface area (Å²) in [6, 6.07) is 10.8. The number of rotatable bonds is 6. The van der Waals surface area contributed by atoms with Crippen LogP contribution in [0.1, 0.15) is 124 Å². The molecular formula is C54H76N4O14. The Bertz CT molecular complexity index is 2250. The molecule has 0 N–H and O–H groups in total. The molecule has 0 aliphatic carbocycles. The number of Topliss-reactive ketones (excluding diaryl/α,β-unsaturated/α-hetero) is 2. The van der Waals surface area contributed by atoms with Crippen LogP contribution in [0.5, 0.6) is 0 Å². The van der Waals surface area contributed by atoms with Crippen LogP contribution in [0.3, 0.4) is 0 Å². The summed E-state index contributed by atoms with van der Waals surface area (Å²) in [7, 11) is 7.52. The van der Waals surface area contributed by atoms with Gasteiger partial charge in [-0.3, -0.25) is 33.9 Å². The van der Waals surface area contributed by atoms with E-state index in [1.54, 1.807) is 30.6 Å². The molecule has 6 saturated heterocycles. The number of carbonyl (C=O) groups is 8. The van der Waals surface area contributed by atoms with Crippen molar-refractivity contribution in [3.05, 3.63) is 59.2 Å². The SMILES string of the molecule is COC(=O)C1=CCC2CCC1N2C.COC(=O)C1=CCC2CCC1N2C(=O)OC(C)(C)C.COC(=O)C1C(=O)CC2CCC1N2C(=O)OC(C)(C)C.COC(=O)C1C(=O)CC2CCC1N2Cc1ccccc1.